The maximum Gasteiger partial charge on any atom is 0.259 e. The van der Waals surface area contributed by atoms with Gasteiger partial charge in [0, 0.05) is 0 Å². The molecule has 1 aromatic rings. The highest BCUT2D eigenvalue weighted by molar-refractivity contribution is 6.37. The number of hydrogen-bond donors (Lipinski definition) is 1. The highest BCUT2D eigenvalue weighted by atomic mass is 16.2. The Balaban J connectivity index is 2.14. The van der Waals surface area contributed by atoms with Crippen LogP contribution in [-0.2, 0) is 9.59 Å². The van der Waals surface area contributed by atoms with E-state index in [1.807, 2.05) is 30.3 Å². The van der Waals surface area contributed by atoms with Crippen LogP contribution < -0.4 is 5.32 Å². The van der Waals surface area contributed by atoms with E-state index >= 15 is 0 Å². The third kappa shape index (κ3) is 2.12. The molecule has 0 aromatic heterocycles. The van der Waals surface area contributed by atoms with Crippen LogP contribution in [0.4, 0.5) is 0 Å². The summed E-state index contributed by atoms with van der Waals surface area (Å²) in [5.41, 5.74) is 2.94. The Morgan fingerprint density at radius 1 is 0.895 bits per heavy atom. The van der Waals surface area contributed by atoms with Crippen LogP contribution in [0, 0.1) is 0 Å². The largest absolute Gasteiger partial charge is 0.288 e. The van der Waals surface area contributed by atoms with Crippen LogP contribution in [0.3, 0.4) is 0 Å². The second kappa shape index (κ2) is 4.84. The maximum absolute atomic E-state index is 12.0. The molecule has 1 aliphatic heterocycles. The van der Waals surface area contributed by atoms with E-state index in [1.54, 1.807) is 0 Å². The molecule has 1 aliphatic carbocycles. The fraction of sp³-hybridized carbons (Fsp3) is 0.250. The Hall–Kier alpha value is -2.16. The summed E-state index contributed by atoms with van der Waals surface area (Å²) in [4.78, 5) is 24.1. The molecule has 19 heavy (non-hydrogen) atoms. The van der Waals surface area contributed by atoms with Crippen molar-refractivity contribution in [2.75, 3.05) is 0 Å². The second-order valence-electron chi connectivity index (χ2n) is 4.87. The van der Waals surface area contributed by atoms with Gasteiger partial charge in [0.2, 0.25) is 0 Å². The molecule has 0 radical (unpaired) electrons. The normalized spacial score (nSPS) is 19.5. The number of imide groups is 1. The molecule has 2 aliphatic rings. The summed E-state index contributed by atoms with van der Waals surface area (Å²) in [6.45, 7) is 0. The molecule has 0 bridgehead atoms. The molecule has 3 nitrogen and oxygen atoms in total. The molecule has 3 heteroatoms. The van der Waals surface area contributed by atoms with Crippen molar-refractivity contribution in [2.45, 2.75) is 25.7 Å². The molecule has 96 valence electrons. The molecular formula is C16H15NO2. The summed E-state index contributed by atoms with van der Waals surface area (Å²) in [6.07, 6.45) is 6.21. The number of carbonyl (C=O) groups excluding carboxylic acids is 2. The van der Waals surface area contributed by atoms with E-state index in [0.29, 0.717) is 11.1 Å². The maximum atomic E-state index is 12.0. The fourth-order valence-electron chi connectivity index (χ4n) is 2.71. The van der Waals surface area contributed by atoms with Crippen LogP contribution in [0.15, 0.2) is 47.6 Å². The zero-order valence-electron chi connectivity index (χ0n) is 10.6. The third-order valence-corrected chi connectivity index (χ3v) is 3.61. The van der Waals surface area contributed by atoms with Crippen LogP contribution >= 0.6 is 0 Å². The van der Waals surface area contributed by atoms with Crippen LogP contribution in [0.5, 0.6) is 0 Å². The van der Waals surface area contributed by atoms with E-state index in [1.165, 1.54) is 0 Å². The minimum Gasteiger partial charge on any atom is -0.288 e. The summed E-state index contributed by atoms with van der Waals surface area (Å²) < 4.78 is 0. The lowest BCUT2D eigenvalue weighted by molar-refractivity contribution is -0.123. The topological polar surface area (TPSA) is 46.2 Å². The average Bonchev–Trinajstić information content (AvgIpc) is 2.75. The van der Waals surface area contributed by atoms with Gasteiger partial charge in [-0.1, -0.05) is 36.4 Å². The fourth-order valence-corrected chi connectivity index (χ4v) is 2.71. The predicted octanol–water partition coefficient (Wildman–Crippen LogP) is 2.60. The van der Waals surface area contributed by atoms with Gasteiger partial charge < -0.3 is 0 Å². The van der Waals surface area contributed by atoms with Gasteiger partial charge in [0.25, 0.3) is 11.8 Å². The number of rotatable bonds is 2. The number of amides is 2. The molecular weight excluding hydrogens is 238 g/mol. The van der Waals surface area contributed by atoms with Crippen molar-refractivity contribution in [3.05, 3.63) is 53.1 Å². The second-order valence-corrected chi connectivity index (χ2v) is 4.87. The van der Waals surface area contributed by atoms with Gasteiger partial charge in [0.1, 0.15) is 0 Å². The standard InChI is InChI=1S/C16H15NO2/c18-15-13(11-7-3-1-4-8-11)14(16(19)17-15)12-9-5-2-6-10-12/h1,3-4,7-9H,2,5-6,10H2,(H,17,18,19). The molecule has 2 amide bonds. The smallest absolute Gasteiger partial charge is 0.259 e. The first-order chi connectivity index (χ1) is 9.27. The minimum absolute atomic E-state index is 0.253. The minimum atomic E-state index is -0.280. The Bertz CT molecular complexity index is 596. The van der Waals surface area contributed by atoms with Crippen LogP contribution in [0.2, 0.25) is 0 Å². The lowest BCUT2D eigenvalue weighted by Gasteiger charge is -2.13. The third-order valence-electron chi connectivity index (χ3n) is 3.61. The Morgan fingerprint density at radius 2 is 1.63 bits per heavy atom. The molecule has 0 atom stereocenters. The Kier molecular flexibility index (Phi) is 3.03. The SMILES string of the molecule is O=C1NC(=O)C(c2ccccc2)=C1C1=CCCCC1. The summed E-state index contributed by atoms with van der Waals surface area (Å²) in [5, 5.41) is 2.42. The zero-order valence-corrected chi connectivity index (χ0v) is 10.6. The molecule has 0 saturated carbocycles. The van der Waals surface area contributed by atoms with Gasteiger partial charge in [-0.3, -0.25) is 14.9 Å². The quantitative estimate of drug-likeness (QED) is 0.823. The molecule has 0 spiro atoms. The van der Waals surface area contributed by atoms with Crippen LogP contribution in [0.25, 0.3) is 5.57 Å². The summed E-state index contributed by atoms with van der Waals surface area (Å²) in [5.74, 6) is -0.533. The molecule has 0 saturated heterocycles. The number of allylic oxidation sites excluding steroid dienone is 1. The van der Waals surface area contributed by atoms with Gasteiger partial charge in [-0.05, 0) is 36.8 Å². The highest BCUT2D eigenvalue weighted by Gasteiger charge is 2.33. The number of benzene rings is 1. The van der Waals surface area contributed by atoms with Gasteiger partial charge in [0.05, 0.1) is 11.1 Å². The predicted molar refractivity (Wildman–Crippen MR) is 73.1 cm³/mol. The first kappa shape index (κ1) is 11.9. The lowest BCUT2D eigenvalue weighted by atomic mass is 9.89. The van der Waals surface area contributed by atoms with E-state index in [0.717, 1.165) is 36.8 Å². The van der Waals surface area contributed by atoms with Crippen molar-refractivity contribution in [2.24, 2.45) is 0 Å². The summed E-state index contributed by atoms with van der Waals surface area (Å²) in [7, 11) is 0. The number of nitrogens with one attached hydrogen (secondary N) is 1. The van der Waals surface area contributed by atoms with E-state index in [2.05, 4.69) is 11.4 Å². The van der Waals surface area contributed by atoms with E-state index in [4.69, 9.17) is 0 Å². The van der Waals surface area contributed by atoms with E-state index < -0.39 is 0 Å². The van der Waals surface area contributed by atoms with Crippen molar-refractivity contribution in [1.29, 1.82) is 0 Å². The number of carbonyl (C=O) groups is 2. The highest BCUT2D eigenvalue weighted by Crippen LogP contribution is 2.33. The molecule has 3 rings (SSSR count). The van der Waals surface area contributed by atoms with Crippen molar-refractivity contribution in [3.63, 3.8) is 0 Å². The summed E-state index contributed by atoms with van der Waals surface area (Å²) in [6, 6.07) is 9.41. The average molecular weight is 253 g/mol. The van der Waals surface area contributed by atoms with Gasteiger partial charge in [-0.2, -0.15) is 0 Å². The monoisotopic (exact) mass is 253 g/mol. The van der Waals surface area contributed by atoms with E-state index in [-0.39, 0.29) is 11.8 Å². The van der Waals surface area contributed by atoms with Crippen molar-refractivity contribution in [1.82, 2.24) is 5.32 Å². The zero-order chi connectivity index (χ0) is 13.2. The van der Waals surface area contributed by atoms with Crippen LogP contribution in [0.1, 0.15) is 31.2 Å². The van der Waals surface area contributed by atoms with E-state index in [9.17, 15) is 9.59 Å². The van der Waals surface area contributed by atoms with Crippen molar-refractivity contribution < 1.29 is 9.59 Å². The first-order valence-electron chi connectivity index (χ1n) is 6.62. The van der Waals surface area contributed by atoms with Gasteiger partial charge in [-0.25, -0.2) is 0 Å². The Morgan fingerprint density at radius 3 is 2.32 bits per heavy atom. The molecule has 1 heterocycles. The van der Waals surface area contributed by atoms with Crippen molar-refractivity contribution >= 4 is 17.4 Å². The van der Waals surface area contributed by atoms with Gasteiger partial charge >= 0.3 is 0 Å². The molecule has 1 aromatic carbocycles. The first-order valence-corrected chi connectivity index (χ1v) is 6.62. The molecule has 1 N–H and O–H groups in total. The van der Waals surface area contributed by atoms with Crippen molar-refractivity contribution in [3.8, 4) is 0 Å². The van der Waals surface area contributed by atoms with Crippen LogP contribution in [-0.4, -0.2) is 11.8 Å². The van der Waals surface area contributed by atoms with Gasteiger partial charge in [0.15, 0.2) is 0 Å². The summed E-state index contributed by atoms with van der Waals surface area (Å²) >= 11 is 0. The number of hydrogen-bond acceptors (Lipinski definition) is 2. The lowest BCUT2D eigenvalue weighted by Crippen LogP contribution is -2.23. The Labute approximate surface area is 112 Å². The molecule has 0 fully saturated rings. The molecule has 0 unspecified atom stereocenters. The van der Waals surface area contributed by atoms with Gasteiger partial charge in [-0.15, -0.1) is 0 Å².